The summed E-state index contributed by atoms with van der Waals surface area (Å²) in [5.74, 6) is -0.368. The van der Waals surface area contributed by atoms with E-state index in [1.807, 2.05) is 25.1 Å². The zero-order valence-corrected chi connectivity index (χ0v) is 14.4. The second-order valence-corrected chi connectivity index (χ2v) is 6.62. The van der Waals surface area contributed by atoms with Crippen molar-refractivity contribution < 1.29 is 9.90 Å². The van der Waals surface area contributed by atoms with E-state index in [4.69, 9.17) is 5.11 Å². The van der Waals surface area contributed by atoms with Crippen molar-refractivity contribution in [3.8, 4) is 0 Å². The molecule has 2 aromatic carbocycles. The molecular weight excluding hydrogens is 328 g/mol. The van der Waals surface area contributed by atoms with Gasteiger partial charge in [0, 0.05) is 6.54 Å². The number of allylic oxidation sites excluding steroid dienone is 1. The van der Waals surface area contributed by atoms with Crippen LogP contribution in [0.15, 0.2) is 47.3 Å². The molecule has 0 saturated carbocycles. The van der Waals surface area contributed by atoms with Gasteiger partial charge in [0.25, 0.3) is 5.56 Å². The number of aromatic nitrogens is 2. The van der Waals surface area contributed by atoms with E-state index in [1.165, 1.54) is 17.7 Å². The van der Waals surface area contributed by atoms with Crippen LogP contribution < -0.4 is 5.56 Å². The van der Waals surface area contributed by atoms with E-state index in [0.29, 0.717) is 23.3 Å². The zero-order chi connectivity index (χ0) is 18.3. The number of fused-ring (bicyclic) bond motifs is 2. The molecule has 0 unspecified atom stereocenters. The molecule has 0 radical (unpaired) electrons. The summed E-state index contributed by atoms with van der Waals surface area (Å²) in [6.45, 7) is 2.65. The Morgan fingerprint density at radius 2 is 2.08 bits per heavy atom. The van der Waals surface area contributed by atoms with Crippen LogP contribution in [0.4, 0.5) is 0 Å². The number of aromatic carboxylic acids is 1. The summed E-state index contributed by atoms with van der Waals surface area (Å²) in [5.41, 5.74) is 3.75. The van der Waals surface area contributed by atoms with Crippen molar-refractivity contribution in [2.24, 2.45) is 0 Å². The van der Waals surface area contributed by atoms with Crippen LogP contribution in [0.2, 0.25) is 0 Å². The Hall–Kier alpha value is -3.21. The normalized spacial score (nSPS) is 15.2. The van der Waals surface area contributed by atoms with Crippen molar-refractivity contribution in [1.29, 1.82) is 0 Å². The first-order valence-electron chi connectivity index (χ1n) is 8.58. The summed E-state index contributed by atoms with van der Waals surface area (Å²) < 4.78 is 1.67. The first kappa shape index (κ1) is 16.3. The van der Waals surface area contributed by atoms with Crippen molar-refractivity contribution in [2.45, 2.75) is 26.3 Å². The highest BCUT2D eigenvalue weighted by Gasteiger charge is 2.19. The first-order chi connectivity index (χ1) is 12.5. The highest BCUT2D eigenvalue weighted by Crippen LogP contribution is 2.27. The van der Waals surface area contributed by atoms with E-state index in [0.717, 1.165) is 24.0 Å². The van der Waals surface area contributed by atoms with Crippen LogP contribution in [0, 0.1) is 6.92 Å². The minimum absolute atomic E-state index is 0.100. The molecule has 1 aromatic heterocycles. The Morgan fingerprint density at radius 3 is 2.85 bits per heavy atom. The molecule has 0 atom stereocenters. The summed E-state index contributed by atoms with van der Waals surface area (Å²) in [5, 5.41) is 9.52. The van der Waals surface area contributed by atoms with Gasteiger partial charge in [-0.2, -0.15) is 0 Å². The zero-order valence-electron chi connectivity index (χ0n) is 14.4. The predicted molar refractivity (Wildman–Crippen MR) is 101 cm³/mol. The first-order valence-corrected chi connectivity index (χ1v) is 8.58. The molecule has 26 heavy (non-hydrogen) atoms. The second kappa shape index (κ2) is 6.26. The number of hydrogen-bond acceptors (Lipinski definition) is 3. The molecule has 0 bridgehead atoms. The Kier molecular flexibility index (Phi) is 3.92. The molecular formula is C21H18N2O3. The quantitative estimate of drug-likeness (QED) is 0.767. The number of carbonyl (C=O) groups is 1. The SMILES string of the molecule is Cc1cccc(/C=C2\CCCn3c2nc2ccc(C(=O)O)cc2c3=O)c1. The third kappa shape index (κ3) is 2.81. The molecule has 1 aliphatic rings. The fourth-order valence-corrected chi connectivity index (χ4v) is 3.44. The molecule has 0 aliphatic carbocycles. The molecule has 5 heteroatoms. The number of carboxylic acids is 1. The molecule has 5 nitrogen and oxygen atoms in total. The molecule has 0 spiro atoms. The molecule has 3 aromatic rings. The van der Waals surface area contributed by atoms with Gasteiger partial charge in [-0.15, -0.1) is 0 Å². The third-order valence-electron chi connectivity index (χ3n) is 4.70. The molecule has 4 rings (SSSR count). The van der Waals surface area contributed by atoms with Gasteiger partial charge in [-0.05, 0) is 55.2 Å². The molecule has 2 heterocycles. The Labute approximate surface area is 150 Å². The topological polar surface area (TPSA) is 72.2 Å². The highest BCUT2D eigenvalue weighted by atomic mass is 16.4. The number of aryl methyl sites for hydroxylation is 1. The van der Waals surface area contributed by atoms with Crippen LogP contribution in [0.1, 0.15) is 40.2 Å². The molecule has 0 saturated heterocycles. The Balaban J connectivity index is 1.91. The van der Waals surface area contributed by atoms with E-state index in [2.05, 4.69) is 17.1 Å². The fraction of sp³-hybridized carbons (Fsp3) is 0.190. The van der Waals surface area contributed by atoms with Gasteiger partial charge in [-0.25, -0.2) is 9.78 Å². The van der Waals surface area contributed by atoms with Crippen molar-refractivity contribution >= 4 is 28.5 Å². The number of benzene rings is 2. The monoisotopic (exact) mass is 346 g/mol. The summed E-state index contributed by atoms with van der Waals surface area (Å²) >= 11 is 0. The summed E-state index contributed by atoms with van der Waals surface area (Å²) in [6.07, 6.45) is 3.80. The minimum Gasteiger partial charge on any atom is -0.478 e. The summed E-state index contributed by atoms with van der Waals surface area (Å²) in [6, 6.07) is 12.7. The van der Waals surface area contributed by atoms with E-state index in [9.17, 15) is 9.59 Å². The maximum Gasteiger partial charge on any atom is 0.335 e. The van der Waals surface area contributed by atoms with Gasteiger partial charge in [0.2, 0.25) is 0 Å². The van der Waals surface area contributed by atoms with Crippen molar-refractivity contribution in [2.75, 3.05) is 0 Å². The van der Waals surface area contributed by atoms with Crippen LogP contribution in [0.3, 0.4) is 0 Å². The molecule has 0 fully saturated rings. The van der Waals surface area contributed by atoms with E-state index >= 15 is 0 Å². The number of rotatable bonds is 2. The lowest BCUT2D eigenvalue weighted by atomic mass is 10.0. The lowest BCUT2D eigenvalue weighted by molar-refractivity contribution is 0.0697. The minimum atomic E-state index is -1.05. The second-order valence-electron chi connectivity index (χ2n) is 6.62. The van der Waals surface area contributed by atoms with E-state index in [1.54, 1.807) is 10.6 Å². The number of carboxylic acid groups (broad SMARTS) is 1. The van der Waals surface area contributed by atoms with Crippen molar-refractivity contribution in [1.82, 2.24) is 9.55 Å². The van der Waals surface area contributed by atoms with Crippen LogP contribution >= 0.6 is 0 Å². The molecule has 1 N–H and O–H groups in total. The van der Waals surface area contributed by atoms with Gasteiger partial charge < -0.3 is 5.11 Å². The van der Waals surface area contributed by atoms with Crippen LogP contribution in [-0.2, 0) is 6.54 Å². The third-order valence-corrected chi connectivity index (χ3v) is 4.70. The maximum absolute atomic E-state index is 12.9. The van der Waals surface area contributed by atoms with Gasteiger partial charge >= 0.3 is 5.97 Å². The van der Waals surface area contributed by atoms with Gasteiger partial charge in [-0.3, -0.25) is 9.36 Å². The predicted octanol–water partition coefficient (Wildman–Crippen LogP) is 3.74. The smallest absolute Gasteiger partial charge is 0.335 e. The highest BCUT2D eigenvalue weighted by molar-refractivity contribution is 5.93. The molecule has 0 amide bonds. The van der Waals surface area contributed by atoms with Crippen LogP contribution in [0.25, 0.3) is 22.6 Å². The lowest BCUT2D eigenvalue weighted by Crippen LogP contribution is -2.28. The average Bonchev–Trinajstić information content (AvgIpc) is 2.62. The average molecular weight is 346 g/mol. The van der Waals surface area contributed by atoms with E-state index in [-0.39, 0.29) is 11.1 Å². The Morgan fingerprint density at radius 1 is 1.23 bits per heavy atom. The summed E-state index contributed by atoms with van der Waals surface area (Å²) in [4.78, 5) is 28.8. The molecule has 1 aliphatic heterocycles. The number of nitrogens with zero attached hydrogens (tertiary/aromatic N) is 2. The van der Waals surface area contributed by atoms with E-state index < -0.39 is 5.97 Å². The Bertz CT molecular complexity index is 1130. The van der Waals surface area contributed by atoms with Crippen LogP contribution in [0.5, 0.6) is 0 Å². The van der Waals surface area contributed by atoms with Gasteiger partial charge in [0.1, 0.15) is 5.82 Å². The van der Waals surface area contributed by atoms with Gasteiger partial charge in [-0.1, -0.05) is 29.8 Å². The lowest BCUT2D eigenvalue weighted by Gasteiger charge is -2.21. The maximum atomic E-state index is 12.9. The van der Waals surface area contributed by atoms with Crippen molar-refractivity contribution in [3.63, 3.8) is 0 Å². The fourth-order valence-electron chi connectivity index (χ4n) is 3.44. The number of hydrogen-bond donors (Lipinski definition) is 1. The van der Waals surface area contributed by atoms with Crippen molar-refractivity contribution in [3.05, 3.63) is 75.3 Å². The van der Waals surface area contributed by atoms with Gasteiger partial charge in [0.15, 0.2) is 0 Å². The van der Waals surface area contributed by atoms with Crippen LogP contribution in [-0.4, -0.2) is 20.6 Å². The molecule has 130 valence electrons. The largest absolute Gasteiger partial charge is 0.478 e. The standard InChI is InChI=1S/C21H18N2O3/c1-13-4-2-5-14(10-13)11-15-6-3-9-23-19(15)22-18-8-7-16(21(25)26)12-17(18)20(23)24/h2,4-5,7-8,10-12H,3,6,9H2,1H3,(H,25,26)/b15-11+. The van der Waals surface area contributed by atoms with Gasteiger partial charge in [0.05, 0.1) is 16.5 Å². The summed E-state index contributed by atoms with van der Waals surface area (Å²) in [7, 11) is 0.